The van der Waals surface area contributed by atoms with Crippen LogP contribution < -0.4 is 4.74 Å². The minimum absolute atomic E-state index is 0.299. The third-order valence-electron chi connectivity index (χ3n) is 1.65. The van der Waals surface area contributed by atoms with Gasteiger partial charge >= 0.3 is 12.5 Å². The van der Waals surface area contributed by atoms with Crippen LogP contribution in [0, 0.1) is 0 Å². The SMILES string of the molecule is FCc1cc(C(F)(F)F)nc(OC(F)(F)F)c1Br. The van der Waals surface area contributed by atoms with Crippen molar-refractivity contribution in [3.8, 4) is 5.88 Å². The second-order valence-electron chi connectivity index (χ2n) is 2.96. The van der Waals surface area contributed by atoms with Gasteiger partial charge in [-0.2, -0.15) is 13.2 Å². The van der Waals surface area contributed by atoms with E-state index in [0.717, 1.165) is 0 Å². The predicted molar refractivity (Wildman–Crippen MR) is 48.4 cm³/mol. The summed E-state index contributed by atoms with van der Waals surface area (Å²) < 4.78 is 87.8. The Hall–Kier alpha value is -1.06. The van der Waals surface area contributed by atoms with Gasteiger partial charge in [0.25, 0.3) is 0 Å². The number of nitrogens with zero attached hydrogens (tertiary/aromatic N) is 1. The number of hydrogen-bond acceptors (Lipinski definition) is 2. The highest BCUT2D eigenvalue weighted by Gasteiger charge is 2.37. The first kappa shape index (κ1) is 15.0. The Labute approximate surface area is 104 Å². The zero-order chi connectivity index (χ0) is 14.1. The predicted octanol–water partition coefficient (Wildman–Crippen LogP) is 4.23. The van der Waals surface area contributed by atoms with E-state index in [1.54, 1.807) is 0 Å². The van der Waals surface area contributed by atoms with Crippen molar-refractivity contribution in [2.24, 2.45) is 0 Å². The van der Waals surface area contributed by atoms with E-state index in [1.165, 1.54) is 0 Å². The maximum absolute atomic E-state index is 12.4. The van der Waals surface area contributed by atoms with E-state index in [-0.39, 0.29) is 0 Å². The van der Waals surface area contributed by atoms with Crippen molar-refractivity contribution in [3.63, 3.8) is 0 Å². The third-order valence-corrected chi connectivity index (χ3v) is 2.50. The normalized spacial score (nSPS) is 12.7. The van der Waals surface area contributed by atoms with Crippen LogP contribution in [0.1, 0.15) is 11.3 Å². The van der Waals surface area contributed by atoms with E-state index in [1.807, 2.05) is 0 Å². The summed E-state index contributed by atoms with van der Waals surface area (Å²) in [6.07, 6.45) is -10.2. The quantitative estimate of drug-likeness (QED) is 0.751. The molecule has 0 amide bonds. The molecule has 0 spiro atoms. The smallest absolute Gasteiger partial charge is 0.387 e. The summed E-state index contributed by atoms with van der Waals surface area (Å²) in [6, 6.07) is 0.299. The fraction of sp³-hybridized carbons (Fsp3) is 0.375. The summed E-state index contributed by atoms with van der Waals surface area (Å²) in [6.45, 7) is -1.40. The summed E-state index contributed by atoms with van der Waals surface area (Å²) in [5.41, 5.74) is -2.31. The average Bonchev–Trinajstić information content (AvgIpc) is 2.17. The molecule has 0 aromatic carbocycles. The number of aromatic nitrogens is 1. The van der Waals surface area contributed by atoms with E-state index in [0.29, 0.717) is 6.07 Å². The molecule has 2 nitrogen and oxygen atoms in total. The molecule has 0 radical (unpaired) electrons. The maximum atomic E-state index is 12.4. The lowest BCUT2D eigenvalue weighted by Crippen LogP contribution is -2.20. The van der Waals surface area contributed by atoms with Gasteiger partial charge in [0, 0.05) is 5.56 Å². The number of rotatable bonds is 2. The Morgan fingerprint density at radius 3 is 2.11 bits per heavy atom. The molecule has 18 heavy (non-hydrogen) atoms. The second kappa shape index (κ2) is 4.90. The van der Waals surface area contributed by atoms with Crippen LogP contribution in [-0.4, -0.2) is 11.3 Å². The van der Waals surface area contributed by atoms with Crippen molar-refractivity contribution in [1.29, 1.82) is 0 Å². The topological polar surface area (TPSA) is 22.1 Å². The molecule has 0 saturated carbocycles. The number of alkyl halides is 7. The highest BCUT2D eigenvalue weighted by atomic mass is 79.9. The number of hydrogen-bond donors (Lipinski definition) is 0. The van der Waals surface area contributed by atoms with Crippen LogP contribution in [0.15, 0.2) is 10.5 Å². The fourth-order valence-electron chi connectivity index (χ4n) is 0.976. The van der Waals surface area contributed by atoms with Crippen molar-refractivity contribution >= 4 is 15.9 Å². The Kier molecular flexibility index (Phi) is 4.08. The molecule has 0 aliphatic rings. The first-order chi connectivity index (χ1) is 8.04. The summed E-state index contributed by atoms with van der Waals surface area (Å²) in [5, 5.41) is 0. The highest BCUT2D eigenvalue weighted by Crippen LogP contribution is 2.37. The van der Waals surface area contributed by atoms with Crippen LogP contribution in [0.3, 0.4) is 0 Å². The minimum Gasteiger partial charge on any atom is -0.387 e. The van der Waals surface area contributed by atoms with Gasteiger partial charge < -0.3 is 4.74 Å². The number of halogens is 8. The average molecular weight is 342 g/mol. The summed E-state index contributed by atoms with van der Waals surface area (Å²) >= 11 is 2.50. The zero-order valence-corrected chi connectivity index (χ0v) is 9.75. The third kappa shape index (κ3) is 3.72. The molecule has 10 heteroatoms. The molecule has 0 atom stereocenters. The maximum Gasteiger partial charge on any atom is 0.574 e. The van der Waals surface area contributed by atoms with Crippen molar-refractivity contribution in [1.82, 2.24) is 4.98 Å². The van der Waals surface area contributed by atoms with Gasteiger partial charge in [-0.3, -0.25) is 0 Å². The second-order valence-corrected chi connectivity index (χ2v) is 3.76. The van der Waals surface area contributed by atoms with Crippen LogP contribution in [-0.2, 0) is 12.9 Å². The highest BCUT2D eigenvalue weighted by molar-refractivity contribution is 9.10. The van der Waals surface area contributed by atoms with E-state index in [2.05, 4.69) is 25.7 Å². The standard InChI is InChI=1S/C8H3BrF7NO/c9-5-3(2-10)1-4(7(11,12)13)17-6(5)18-8(14,15)16/h1H,2H2. The Balaban J connectivity index is 3.32. The van der Waals surface area contributed by atoms with Crippen LogP contribution >= 0.6 is 15.9 Å². The fourth-order valence-corrected chi connectivity index (χ4v) is 1.37. The van der Waals surface area contributed by atoms with Crippen molar-refractivity contribution in [2.75, 3.05) is 0 Å². The molecule has 0 bridgehead atoms. The summed E-state index contributed by atoms with van der Waals surface area (Å²) in [5.74, 6) is -1.38. The number of pyridine rings is 1. The Bertz CT molecular complexity index is 442. The van der Waals surface area contributed by atoms with Gasteiger partial charge in [-0.1, -0.05) is 0 Å². The Morgan fingerprint density at radius 1 is 1.17 bits per heavy atom. The van der Waals surface area contributed by atoms with E-state index < -0.39 is 40.8 Å². The van der Waals surface area contributed by atoms with E-state index in [4.69, 9.17) is 0 Å². The Morgan fingerprint density at radius 2 is 1.72 bits per heavy atom. The van der Waals surface area contributed by atoms with Gasteiger partial charge in [-0.05, 0) is 22.0 Å². The van der Waals surface area contributed by atoms with Crippen LogP contribution in [0.4, 0.5) is 30.7 Å². The summed E-state index contributed by atoms with van der Waals surface area (Å²) in [7, 11) is 0. The molecule has 0 aliphatic heterocycles. The lowest BCUT2D eigenvalue weighted by atomic mass is 10.2. The van der Waals surface area contributed by atoms with Crippen LogP contribution in [0.2, 0.25) is 0 Å². The van der Waals surface area contributed by atoms with Crippen LogP contribution in [0.25, 0.3) is 0 Å². The largest absolute Gasteiger partial charge is 0.574 e. The molecule has 0 unspecified atom stereocenters. The van der Waals surface area contributed by atoms with Gasteiger partial charge in [0.05, 0.1) is 4.47 Å². The first-order valence-electron chi connectivity index (χ1n) is 4.13. The van der Waals surface area contributed by atoms with Crippen molar-refractivity contribution < 1.29 is 35.5 Å². The number of ether oxygens (including phenoxy) is 1. The molecule has 0 N–H and O–H groups in total. The lowest BCUT2D eigenvalue weighted by Gasteiger charge is -2.14. The van der Waals surface area contributed by atoms with Gasteiger partial charge in [0.15, 0.2) is 0 Å². The molecule has 0 fully saturated rings. The lowest BCUT2D eigenvalue weighted by molar-refractivity contribution is -0.276. The summed E-state index contributed by atoms with van der Waals surface area (Å²) in [4.78, 5) is 2.66. The van der Waals surface area contributed by atoms with Crippen molar-refractivity contribution in [2.45, 2.75) is 19.2 Å². The molecule has 1 heterocycles. The molecule has 1 aromatic rings. The van der Waals surface area contributed by atoms with Crippen LogP contribution in [0.5, 0.6) is 5.88 Å². The van der Waals surface area contributed by atoms with Gasteiger partial charge in [0.1, 0.15) is 12.4 Å². The van der Waals surface area contributed by atoms with Gasteiger partial charge in [-0.25, -0.2) is 9.37 Å². The van der Waals surface area contributed by atoms with Gasteiger partial charge in [-0.15, -0.1) is 13.2 Å². The monoisotopic (exact) mass is 341 g/mol. The molecule has 1 rings (SSSR count). The molecule has 0 saturated heterocycles. The zero-order valence-electron chi connectivity index (χ0n) is 8.16. The minimum atomic E-state index is -5.23. The molecule has 1 aromatic heterocycles. The molecule has 0 aliphatic carbocycles. The molecular weight excluding hydrogens is 339 g/mol. The van der Waals surface area contributed by atoms with E-state index >= 15 is 0 Å². The van der Waals surface area contributed by atoms with Gasteiger partial charge in [0.2, 0.25) is 5.88 Å². The molecule has 102 valence electrons. The molecular formula is C8H3BrF7NO. The van der Waals surface area contributed by atoms with Crippen molar-refractivity contribution in [3.05, 3.63) is 21.8 Å². The van der Waals surface area contributed by atoms with E-state index in [9.17, 15) is 30.7 Å². The first-order valence-corrected chi connectivity index (χ1v) is 4.92.